The summed E-state index contributed by atoms with van der Waals surface area (Å²) in [6.45, 7) is 4.20. The van der Waals surface area contributed by atoms with Crippen molar-refractivity contribution in [1.82, 2.24) is 20.5 Å². The van der Waals surface area contributed by atoms with Crippen molar-refractivity contribution in [2.24, 2.45) is 0 Å². The van der Waals surface area contributed by atoms with Gasteiger partial charge in [-0.3, -0.25) is 4.98 Å². The van der Waals surface area contributed by atoms with Crippen molar-refractivity contribution in [3.05, 3.63) is 36.0 Å². The first-order valence-corrected chi connectivity index (χ1v) is 5.92. The predicted molar refractivity (Wildman–Crippen MR) is 68.0 cm³/mol. The Morgan fingerprint density at radius 2 is 2.28 bits per heavy atom. The van der Waals surface area contributed by atoms with Crippen LogP contribution < -0.4 is 10.2 Å². The first kappa shape index (κ1) is 12.5. The van der Waals surface area contributed by atoms with Crippen molar-refractivity contribution in [2.75, 3.05) is 18.5 Å². The summed E-state index contributed by atoms with van der Waals surface area (Å²) in [4.78, 5) is 5.98. The molecule has 96 valence electrons. The minimum Gasteiger partial charge on any atom is -0.407 e. The van der Waals surface area contributed by atoms with Crippen molar-refractivity contribution in [1.29, 1.82) is 0 Å². The fourth-order valence-corrected chi connectivity index (χ4v) is 1.54. The lowest BCUT2D eigenvalue weighted by atomic mass is 10.3. The fraction of sp³-hybridized carbons (Fsp3) is 0.417. The van der Waals surface area contributed by atoms with Crippen LogP contribution in [0.1, 0.15) is 18.4 Å². The van der Waals surface area contributed by atoms with Gasteiger partial charge in [0, 0.05) is 26.0 Å². The van der Waals surface area contributed by atoms with Crippen LogP contribution in [0.15, 0.2) is 28.9 Å². The number of hydrogen-bond donors (Lipinski definition) is 1. The SMILES string of the molecule is CCNCc1nnc(N(C)Cc2cccnc2)o1. The maximum atomic E-state index is 5.54. The van der Waals surface area contributed by atoms with E-state index in [1.165, 1.54) is 0 Å². The van der Waals surface area contributed by atoms with Gasteiger partial charge in [-0.05, 0) is 18.2 Å². The van der Waals surface area contributed by atoms with Gasteiger partial charge in [0.2, 0.25) is 5.89 Å². The molecule has 6 nitrogen and oxygen atoms in total. The highest BCUT2D eigenvalue weighted by atomic mass is 16.4. The van der Waals surface area contributed by atoms with Gasteiger partial charge >= 0.3 is 6.01 Å². The zero-order valence-electron chi connectivity index (χ0n) is 10.6. The van der Waals surface area contributed by atoms with Crippen LogP contribution >= 0.6 is 0 Å². The molecule has 0 aliphatic rings. The number of hydrogen-bond acceptors (Lipinski definition) is 6. The number of anilines is 1. The largest absolute Gasteiger partial charge is 0.407 e. The van der Waals surface area contributed by atoms with Crippen LogP contribution in [0.2, 0.25) is 0 Å². The molecule has 0 unspecified atom stereocenters. The maximum absolute atomic E-state index is 5.54. The number of pyridine rings is 1. The van der Waals surface area contributed by atoms with Gasteiger partial charge in [-0.15, -0.1) is 5.10 Å². The highest BCUT2D eigenvalue weighted by Gasteiger charge is 2.10. The second kappa shape index (κ2) is 6.11. The molecule has 0 fully saturated rings. The summed E-state index contributed by atoms with van der Waals surface area (Å²) >= 11 is 0. The van der Waals surface area contributed by atoms with E-state index in [-0.39, 0.29) is 0 Å². The summed E-state index contributed by atoms with van der Waals surface area (Å²) < 4.78 is 5.54. The van der Waals surface area contributed by atoms with Crippen LogP contribution in [0, 0.1) is 0 Å². The van der Waals surface area contributed by atoms with E-state index in [4.69, 9.17) is 4.42 Å². The van der Waals surface area contributed by atoms with E-state index >= 15 is 0 Å². The van der Waals surface area contributed by atoms with E-state index in [0.29, 0.717) is 25.0 Å². The normalized spacial score (nSPS) is 10.6. The van der Waals surface area contributed by atoms with Gasteiger partial charge in [0.15, 0.2) is 0 Å². The second-order valence-electron chi connectivity index (χ2n) is 3.98. The molecule has 0 atom stereocenters. The van der Waals surface area contributed by atoms with Crippen LogP contribution in [-0.4, -0.2) is 28.8 Å². The summed E-state index contributed by atoms with van der Waals surface area (Å²) in [7, 11) is 1.91. The molecule has 0 aliphatic heterocycles. The Bertz CT molecular complexity index is 470. The monoisotopic (exact) mass is 247 g/mol. The van der Waals surface area contributed by atoms with Crippen molar-refractivity contribution in [3.63, 3.8) is 0 Å². The zero-order valence-corrected chi connectivity index (χ0v) is 10.6. The molecular formula is C12H17N5O. The van der Waals surface area contributed by atoms with Gasteiger partial charge in [-0.2, -0.15) is 0 Å². The second-order valence-corrected chi connectivity index (χ2v) is 3.98. The Balaban J connectivity index is 1.96. The van der Waals surface area contributed by atoms with Gasteiger partial charge in [0.05, 0.1) is 6.54 Å². The number of nitrogens with zero attached hydrogens (tertiary/aromatic N) is 4. The van der Waals surface area contributed by atoms with Crippen molar-refractivity contribution >= 4 is 6.01 Å². The molecule has 2 heterocycles. The molecule has 2 rings (SSSR count). The Kier molecular flexibility index (Phi) is 4.25. The summed E-state index contributed by atoms with van der Waals surface area (Å²) in [6.07, 6.45) is 3.58. The number of rotatable bonds is 6. The third-order valence-corrected chi connectivity index (χ3v) is 2.45. The first-order valence-electron chi connectivity index (χ1n) is 5.92. The molecule has 6 heteroatoms. The van der Waals surface area contributed by atoms with Crippen molar-refractivity contribution < 1.29 is 4.42 Å². The maximum Gasteiger partial charge on any atom is 0.318 e. The molecule has 1 N–H and O–H groups in total. The molecule has 0 amide bonds. The third kappa shape index (κ3) is 3.27. The summed E-state index contributed by atoms with van der Waals surface area (Å²) in [5.74, 6) is 0.602. The average molecular weight is 247 g/mol. The number of nitrogens with one attached hydrogen (secondary N) is 1. The zero-order chi connectivity index (χ0) is 12.8. The Hall–Kier alpha value is -1.95. The molecule has 0 aliphatic carbocycles. The molecular weight excluding hydrogens is 230 g/mol. The quantitative estimate of drug-likeness (QED) is 0.827. The summed E-state index contributed by atoms with van der Waals surface area (Å²) in [5, 5.41) is 11.1. The predicted octanol–water partition coefficient (Wildman–Crippen LogP) is 1.21. The van der Waals surface area contributed by atoms with E-state index in [2.05, 4.69) is 20.5 Å². The van der Waals surface area contributed by atoms with Crippen LogP contribution in [0.3, 0.4) is 0 Å². The molecule has 2 aromatic heterocycles. The average Bonchev–Trinajstić information content (AvgIpc) is 2.86. The molecule has 18 heavy (non-hydrogen) atoms. The minimum absolute atomic E-state index is 0.520. The van der Waals surface area contributed by atoms with E-state index in [1.54, 1.807) is 6.20 Å². The van der Waals surface area contributed by atoms with Crippen LogP contribution in [0.5, 0.6) is 0 Å². The number of aromatic nitrogens is 3. The Morgan fingerprint density at radius 1 is 1.39 bits per heavy atom. The highest BCUT2D eigenvalue weighted by Crippen LogP contribution is 2.13. The van der Waals surface area contributed by atoms with E-state index in [0.717, 1.165) is 12.1 Å². The topological polar surface area (TPSA) is 67.1 Å². The molecule has 0 radical (unpaired) electrons. The van der Waals surface area contributed by atoms with E-state index in [1.807, 2.05) is 37.2 Å². The van der Waals surface area contributed by atoms with E-state index in [9.17, 15) is 0 Å². The molecule has 0 saturated carbocycles. The van der Waals surface area contributed by atoms with Gasteiger partial charge in [0.1, 0.15) is 0 Å². The standard InChI is InChI=1S/C12H17N5O/c1-3-13-8-11-15-16-12(18-11)17(2)9-10-5-4-6-14-7-10/h4-7,13H,3,8-9H2,1-2H3. The molecule has 0 bridgehead atoms. The van der Waals surface area contributed by atoms with Gasteiger partial charge in [0.25, 0.3) is 0 Å². The first-order chi connectivity index (χ1) is 8.79. The van der Waals surface area contributed by atoms with Crippen molar-refractivity contribution in [3.8, 4) is 0 Å². The van der Waals surface area contributed by atoms with Crippen LogP contribution in [0.25, 0.3) is 0 Å². The lowest BCUT2D eigenvalue weighted by molar-refractivity contribution is 0.468. The lowest BCUT2D eigenvalue weighted by Crippen LogP contribution is -2.16. The van der Waals surface area contributed by atoms with E-state index < -0.39 is 0 Å². The van der Waals surface area contributed by atoms with Gasteiger partial charge < -0.3 is 14.6 Å². The molecule has 0 spiro atoms. The smallest absolute Gasteiger partial charge is 0.318 e. The molecule has 2 aromatic rings. The van der Waals surface area contributed by atoms with Crippen LogP contribution in [-0.2, 0) is 13.1 Å². The lowest BCUT2D eigenvalue weighted by Gasteiger charge is -2.13. The van der Waals surface area contributed by atoms with Crippen LogP contribution in [0.4, 0.5) is 6.01 Å². The molecule has 0 saturated heterocycles. The van der Waals surface area contributed by atoms with Gasteiger partial charge in [-0.25, -0.2) is 0 Å². The third-order valence-electron chi connectivity index (χ3n) is 2.45. The Labute approximate surface area is 106 Å². The summed E-state index contributed by atoms with van der Waals surface area (Å²) in [5.41, 5.74) is 1.10. The summed E-state index contributed by atoms with van der Waals surface area (Å²) in [6, 6.07) is 4.44. The van der Waals surface area contributed by atoms with Gasteiger partial charge in [-0.1, -0.05) is 18.1 Å². The fourth-order valence-electron chi connectivity index (χ4n) is 1.54. The minimum atomic E-state index is 0.520. The highest BCUT2D eigenvalue weighted by molar-refractivity contribution is 5.25. The van der Waals surface area contributed by atoms with Crippen molar-refractivity contribution in [2.45, 2.75) is 20.0 Å². The molecule has 0 aromatic carbocycles. The Morgan fingerprint density at radius 3 is 3.00 bits per heavy atom.